The largest absolute Gasteiger partial charge is 0.491 e. The van der Waals surface area contributed by atoms with Crippen LogP contribution in [0.25, 0.3) is 0 Å². The number of hydrogen-bond donors (Lipinski definition) is 0. The molecule has 0 aliphatic carbocycles. The molecule has 4 nitrogen and oxygen atoms in total. The van der Waals surface area contributed by atoms with E-state index >= 15 is 0 Å². The van der Waals surface area contributed by atoms with Crippen LogP contribution < -0.4 is 4.74 Å². The normalized spacial score (nSPS) is 20.3. The lowest BCUT2D eigenvalue weighted by Gasteiger charge is -2.29. The Bertz CT molecular complexity index is 714. The maximum atomic E-state index is 13.2. The molecule has 0 fully saturated rings. The number of para-hydroxylation sites is 1. The van der Waals surface area contributed by atoms with E-state index in [-0.39, 0.29) is 18.7 Å². The van der Waals surface area contributed by atoms with Gasteiger partial charge in [-0.2, -0.15) is 0 Å². The standard InChI is InChI=1S/C20H23NO3/c1-15(13-21(2)3)24-19(22)20(16-9-5-4-6-10-16)14-23-18-12-8-7-11-17(18)20/h4-12,15H,13-14H2,1-3H3. The molecule has 0 spiro atoms. The van der Waals surface area contributed by atoms with Gasteiger partial charge in [0.25, 0.3) is 0 Å². The SMILES string of the molecule is CC(CN(C)C)OC(=O)C1(c2ccccc2)COc2ccccc21. The van der Waals surface area contributed by atoms with Crippen LogP contribution in [0.1, 0.15) is 18.1 Å². The molecule has 0 saturated carbocycles. The van der Waals surface area contributed by atoms with Crippen molar-refractivity contribution >= 4 is 5.97 Å². The van der Waals surface area contributed by atoms with E-state index in [1.165, 1.54) is 0 Å². The molecular formula is C20H23NO3. The van der Waals surface area contributed by atoms with Crippen molar-refractivity contribution in [3.05, 3.63) is 65.7 Å². The average molecular weight is 325 g/mol. The fourth-order valence-electron chi connectivity index (χ4n) is 3.29. The van der Waals surface area contributed by atoms with Crippen molar-refractivity contribution in [3.8, 4) is 5.75 Å². The number of nitrogens with zero attached hydrogens (tertiary/aromatic N) is 1. The molecule has 0 bridgehead atoms. The quantitative estimate of drug-likeness (QED) is 0.793. The highest BCUT2D eigenvalue weighted by molar-refractivity contribution is 5.90. The van der Waals surface area contributed by atoms with Crippen LogP contribution in [0.3, 0.4) is 0 Å². The zero-order chi connectivity index (χ0) is 17.2. The predicted octanol–water partition coefficient (Wildman–Crippen LogP) is 2.86. The van der Waals surface area contributed by atoms with Crippen molar-refractivity contribution in [3.63, 3.8) is 0 Å². The molecular weight excluding hydrogens is 302 g/mol. The maximum Gasteiger partial charge on any atom is 0.325 e. The van der Waals surface area contributed by atoms with E-state index in [1.807, 2.05) is 80.5 Å². The molecule has 4 heteroatoms. The van der Waals surface area contributed by atoms with Crippen molar-refractivity contribution in [2.45, 2.75) is 18.4 Å². The van der Waals surface area contributed by atoms with Crippen molar-refractivity contribution in [2.75, 3.05) is 27.2 Å². The molecule has 0 radical (unpaired) electrons. The van der Waals surface area contributed by atoms with Gasteiger partial charge in [-0.05, 0) is 32.6 Å². The fraction of sp³-hybridized carbons (Fsp3) is 0.350. The van der Waals surface area contributed by atoms with Crippen molar-refractivity contribution in [2.24, 2.45) is 0 Å². The second kappa shape index (κ2) is 6.65. The zero-order valence-electron chi connectivity index (χ0n) is 14.4. The van der Waals surface area contributed by atoms with Gasteiger partial charge in [-0.3, -0.25) is 4.79 Å². The van der Waals surface area contributed by atoms with E-state index in [0.29, 0.717) is 6.54 Å². The van der Waals surface area contributed by atoms with Crippen LogP contribution >= 0.6 is 0 Å². The maximum absolute atomic E-state index is 13.2. The van der Waals surface area contributed by atoms with E-state index in [1.54, 1.807) is 0 Å². The summed E-state index contributed by atoms with van der Waals surface area (Å²) in [7, 11) is 3.93. The Morgan fingerprint density at radius 3 is 2.54 bits per heavy atom. The first kappa shape index (κ1) is 16.5. The summed E-state index contributed by atoms with van der Waals surface area (Å²) in [5.41, 5.74) is 0.869. The summed E-state index contributed by atoms with van der Waals surface area (Å²) in [6.45, 7) is 2.86. The lowest BCUT2D eigenvalue weighted by atomic mass is 9.76. The van der Waals surface area contributed by atoms with Crippen molar-refractivity contribution in [1.82, 2.24) is 4.90 Å². The van der Waals surface area contributed by atoms with Crippen LogP contribution in [0.2, 0.25) is 0 Å². The monoisotopic (exact) mass is 325 g/mol. The zero-order valence-corrected chi connectivity index (χ0v) is 14.4. The summed E-state index contributed by atoms with van der Waals surface area (Å²) in [5.74, 6) is 0.492. The van der Waals surface area contributed by atoms with Gasteiger partial charge in [-0.1, -0.05) is 48.5 Å². The number of benzene rings is 2. The summed E-state index contributed by atoms with van der Waals surface area (Å²) < 4.78 is 11.6. The van der Waals surface area contributed by atoms with Crippen LogP contribution in [0.15, 0.2) is 54.6 Å². The second-order valence-electron chi connectivity index (χ2n) is 6.53. The minimum absolute atomic E-state index is 0.194. The summed E-state index contributed by atoms with van der Waals surface area (Å²) in [6.07, 6.45) is -0.194. The van der Waals surface area contributed by atoms with E-state index < -0.39 is 5.41 Å². The predicted molar refractivity (Wildman–Crippen MR) is 93.3 cm³/mol. The number of rotatable bonds is 5. The highest BCUT2D eigenvalue weighted by atomic mass is 16.6. The number of carbonyl (C=O) groups excluding carboxylic acids is 1. The summed E-state index contributed by atoms with van der Waals surface area (Å²) in [4.78, 5) is 15.2. The summed E-state index contributed by atoms with van der Waals surface area (Å²) in [6, 6.07) is 17.4. The first-order valence-electron chi connectivity index (χ1n) is 8.17. The molecule has 0 amide bonds. The third-order valence-corrected chi connectivity index (χ3v) is 4.34. The van der Waals surface area contributed by atoms with Gasteiger partial charge in [0.2, 0.25) is 0 Å². The number of carbonyl (C=O) groups is 1. The first-order chi connectivity index (χ1) is 11.5. The van der Waals surface area contributed by atoms with E-state index in [2.05, 4.69) is 0 Å². The Labute approximate surface area is 143 Å². The van der Waals surface area contributed by atoms with Crippen molar-refractivity contribution < 1.29 is 14.3 Å². The first-order valence-corrected chi connectivity index (χ1v) is 8.17. The van der Waals surface area contributed by atoms with E-state index in [0.717, 1.165) is 16.9 Å². The number of fused-ring (bicyclic) bond motifs is 1. The Hall–Kier alpha value is -2.33. The van der Waals surface area contributed by atoms with Gasteiger partial charge in [-0.25, -0.2) is 0 Å². The minimum Gasteiger partial charge on any atom is -0.491 e. The molecule has 0 saturated heterocycles. The Balaban J connectivity index is 2.01. The van der Waals surface area contributed by atoms with Gasteiger partial charge in [0.05, 0.1) is 0 Å². The average Bonchev–Trinajstić information content (AvgIpc) is 2.95. The molecule has 2 unspecified atom stereocenters. The van der Waals surface area contributed by atoms with Crippen molar-refractivity contribution in [1.29, 1.82) is 0 Å². The molecule has 1 aliphatic heterocycles. The molecule has 1 heterocycles. The molecule has 1 aliphatic rings. The fourth-order valence-corrected chi connectivity index (χ4v) is 3.29. The van der Waals surface area contributed by atoms with Gasteiger partial charge >= 0.3 is 5.97 Å². The third-order valence-electron chi connectivity index (χ3n) is 4.34. The number of ether oxygens (including phenoxy) is 2. The Morgan fingerprint density at radius 1 is 1.17 bits per heavy atom. The van der Waals surface area contributed by atoms with E-state index in [4.69, 9.17) is 9.47 Å². The Morgan fingerprint density at radius 2 is 1.83 bits per heavy atom. The van der Waals surface area contributed by atoms with Crippen LogP contribution in [0, 0.1) is 0 Å². The number of esters is 1. The minimum atomic E-state index is -0.904. The lowest BCUT2D eigenvalue weighted by Crippen LogP contribution is -2.43. The molecule has 2 aromatic rings. The molecule has 126 valence electrons. The van der Waals surface area contributed by atoms with Gasteiger partial charge in [-0.15, -0.1) is 0 Å². The van der Waals surface area contributed by atoms with Gasteiger partial charge in [0.15, 0.2) is 5.41 Å². The second-order valence-corrected chi connectivity index (χ2v) is 6.53. The van der Waals surface area contributed by atoms with Crippen LogP contribution in [-0.4, -0.2) is 44.2 Å². The van der Waals surface area contributed by atoms with Gasteiger partial charge < -0.3 is 14.4 Å². The topological polar surface area (TPSA) is 38.8 Å². The van der Waals surface area contributed by atoms with E-state index in [9.17, 15) is 4.79 Å². The highest BCUT2D eigenvalue weighted by Crippen LogP contribution is 2.44. The molecule has 0 aromatic heterocycles. The summed E-state index contributed by atoms with van der Waals surface area (Å²) >= 11 is 0. The lowest BCUT2D eigenvalue weighted by molar-refractivity contribution is -0.154. The van der Waals surface area contributed by atoms with Crippen LogP contribution in [-0.2, 0) is 14.9 Å². The molecule has 0 N–H and O–H groups in total. The van der Waals surface area contributed by atoms with Crippen LogP contribution in [0.4, 0.5) is 0 Å². The highest BCUT2D eigenvalue weighted by Gasteiger charge is 2.50. The number of hydrogen-bond acceptors (Lipinski definition) is 4. The smallest absolute Gasteiger partial charge is 0.325 e. The van der Waals surface area contributed by atoms with Crippen LogP contribution in [0.5, 0.6) is 5.75 Å². The molecule has 3 rings (SSSR count). The Kier molecular flexibility index (Phi) is 4.58. The molecule has 2 atom stereocenters. The summed E-state index contributed by atoms with van der Waals surface area (Å²) in [5, 5.41) is 0. The number of likely N-dealkylation sites (N-methyl/N-ethyl adjacent to an activating group) is 1. The van der Waals surface area contributed by atoms with Gasteiger partial charge in [0, 0.05) is 12.1 Å². The van der Waals surface area contributed by atoms with Gasteiger partial charge in [0.1, 0.15) is 18.5 Å². The molecule has 24 heavy (non-hydrogen) atoms. The molecule has 2 aromatic carbocycles. The third kappa shape index (κ3) is 2.89.